The molecule has 27 heavy (non-hydrogen) atoms. The Labute approximate surface area is 158 Å². The standard InChI is InChI=1S/C21H24N2O4/c1-21(2,3)23-19(25)16-6-4-5-7-17(16)22-18(24)13-10-14-8-11-15(12-9-14)20(26)27/h4-9,11-12H,10,13H2,1-3H3,(H,22,24)(H,23,25)(H,26,27). The second-order valence-corrected chi connectivity index (χ2v) is 7.30. The van der Waals surface area contributed by atoms with Crippen LogP contribution in [-0.2, 0) is 11.2 Å². The van der Waals surface area contributed by atoms with Crippen LogP contribution in [0.15, 0.2) is 48.5 Å². The maximum Gasteiger partial charge on any atom is 0.335 e. The molecule has 0 bridgehead atoms. The van der Waals surface area contributed by atoms with Crippen LogP contribution in [0.1, 0.15) is 53.5 Å². The van der Waals surface area contributed by atoms with Crippen LogP contribution < -0.4 is 10.6 Å². The number of hydrogen-bond donors (Lipinski definition) is 3. The number of rotatable bonds is 6. The number of aromatic carboxylic acids is 1. The largest absolute Gasteiger partial charge is 0.478 e. The Bertz CT molecular complexity index is 836. The highest BCUT2D eigenvalue weighted by Gasteiger charge is 2.18. The van der Waals surface area contributed by atoms with Crippen LogP contribution in [-0.4, -0.2) is 28.4 Å². The number of hydrogen-bond acceptors (Lipinski definition) is 3. The van der Waals surface area contributed by atoms with Crippen LogP contribution in [0.2, 0.25) is 0 Å². The topological polar surface area (TPSA) is 95.5 Å². The summed E-state index contributed by atoms with van der Waals surface area (Å²) in [6, 6.07) is 13.3. The van der Waals surface area contributed by atoms with Gasteiger partial charge in [0.1, 0.15) is 0 Å². The van der Waals surface area contributed by atoms with Crippen molar-refractivity contribution in [3.8, 4) is 0 Å². The first-order valence-electron chi connectivity index (χ1n) is 8.69. The molecule has 6 nitrogen and oxygen atoms in total. The lowest BCUT2D eigenvalue weighted by molar-refractivity contribution is -0.116. The van der Waals surface area contributed by atoms with Gasteiger partial charge in [-0.2, -0.15) is 0 Å². The molecular weight excluding hydrogens is 344 g/mol. The Balaban J connectivity index is 1.99. The summed E-state index contributed by atoms with van der Waals surface area (Å²) in [5, 5.41) is 14.6. The Morgan fingerprint density at radius 1 is 0.963 bits per heavy atom. The Hall–Kier alpha value is -3.15. The van der Waals surface area contributed by atoms with Crippen LogP contribution in [0.5, 0.6) is 0 Å². The van der Waals surface area contributed by atoms with Crippen LogP contribution in [0, 0.1) is 0 Å². The predicted octanol–water partition coefficient (Wildman–Crippen LogP) is 3.48. The molecule has 2 aromatic carbocycles. The maximum atomic E-state index is 12.4. The number of anilines is 1. The molecule has 2 amide bonds. The van der Waals surface area contributed by atoms with Crippen molar-refractivity contribution >= 4 is 23.5 Å². The van der Waals surface area contributed by atoms with Gasteiger partial charge in [0.05, 0.1) is 16.8 Å². The number of carbonyl (C=O) groups is 3. The number of nitrogens with one attached hydrogen (secondary N) is 2. The van der Waals surface area contributed by atoms with Crippen molar-refractivity contribution in [1.82, 2.24) is 5.32 Å². The SMILES string of the molecule is CC(C)(C)NC(=O)c1ccccc1NC(=O)CCc1ccc(C(=O)O)cc1. The van der Waals surface area contributed by atoms with E-state index in [0.717, 1.165) is 5.56 Å². The molecule has 0 aliphatic rings. The summed E-state index contributed by atoms with van der Waals surface area (Å²) >= 11 is 0. The third-order valence-electron chi connectivity index (χ3n) is 3.78. The van der Waals surface area contributed by atoms with E-state index in [1.54, 1.807) is 36.4 Å². The van der Waals surface area contributed by atoms with Crippen LogP contribution in [0.4, 0.5) is 5.69 Å². The summed E-state index contributed by atoms with van der Waals surface area (Å²) in [6.07, 6.45) is 0.698. The van der Waals surface area contributed by atoms with Crippen molar-refractivity contribution in [3.63, 3.8) is 0 Å². The van der Waals surface area contributed by atoms with Gasteiger partial charge in [0.15, 0.2) is 0 Å². The minimum Gasteiger partial charge on any atom is -0.478 e. The van der Waals surface area contributed by atoms with E-state index in [4.69, 9.17) is 5.11 Å². The van der Waals surface area contributed by atoms with Crippen LogP contribution in [0.3, 0.4) is 0 Å². The molecule has 0 fully saturated rings. The number of amides is 2. The van der Waals surface area contributed by atoms with E-state index >= 15 is 0 Å². The predicted molar refractivity (Wildman–Crippen MR) is 104 cm³/mol. The van der Waals surface area contributed by atoms with Gasteiger partial charge < -0.3 is 15.7 Å². The number of aryl methyl sites for hydroxylation is 1. The zero-order chi connectivity index (χ0) is 20.0. The summed E-state index contributed by atoms with van der Waals surface area (Å²) in [4.78, 5) is 35.6. The van der Waals surface area contributed by atoms with Crippen molar-refractivity contribution in [2.75, 3.05) is 5.32 Å². The van der Waals surface area contributed by atoms with Gasteiger partial charge in [-0.15, -0.1) is 0 Å². The quantitative estimate of drug-likeness (QED) is 0.727. The molecule has 0 saturated carbocycles. The molecule has 0 unspecified atom stereocenters. The lowest BCUT2D eigenvalue weighted by Gasteiger charge is -2.21. The second-order valence-electron chi connectivity index (χ2n) is 7.30. The molecule has 3 N–H and O–H groups in total. The molecule has 0 heterocycles. The van der Waals surface area contributed by atoms with Crippen LogP contribution in [0.25, 0.3) is 0 Å². The van der Waals surface area contributed by atoms with Gasteiger partial charge in [0.2, 0.25) is 5.91 Å². The lowest BCUT2D eigenvalue weighted by atomic mass is 10.1. The van der Waals surface area contributed by atoms with Gasteiger partial charge in [-0.3, -0.25) is 9.59 Å². The highest BCUT2D eigenvalue weighted by molar-refractivity contribution is 6.04. The highest BCUT2D eigenvalue weighted by atomic mass is 16.4. The Morgan fingerprint density at radius 2 is 1.59 bits per heavy atom. The van der Waals surface area contributed by atoms with Gasteiger partial charge in [-0.1, -0.05) is 24.3 Å². The molecular formula is C21H24N2O4. The fourth-order valence-electron chi connectivity index (χ4n) is 2.48. The maximum absolute atomic E-state index is 12.4. The van der Waals surface area contributed by atoms with Gasteiger partial charge in [-0.05, 0) is 57.0 Å². The summed E-state index contributed by atoms with van der Waals surface area (Å²) in [5.74, 6) is -1.44. The van der Waals surface area contributed by atoms with E-state index in [2.05, 4.69) is 10.6 Å². The first-order valence-corrected chi connectivity index (χ1v) is 8.69. The lowest BCUT2D eigenvalue weighted by Crippen LogP contribution is -2.40. The fourth-order valence-corrected chi connectivity index (χ4v) is 2.48. The Morgan fingerprint density at radius 3 is 2.19 bits per heavy atom. The first kappa shape index (κ1) is 20.2. The van der Waals surface area contributed by atoms with Crippen molar-refractivity contribution in [1.29, 1.82) is 0 Å². The molecule has 0 radical (unpaired) electrons. The summed E-state index contributed by atoms with van der Waals surface area (Å²) in [6.45, 7) is 5.67. The number of carbonyl (C=O) groups excluding carboxylic acids is 2. The smallest absolute Gasteiger partial charge is 0.335 e. The Kier molecular flexibility index (Phi) is 6.34. The third kappa shape index (κ3) is 6.26. The molecule has 6 heteroatoms. The minimum absolute atomic E-state index is 0.210. The van der Waals surface area contributed by atoms with Crippen LogP contribution >= 0.6 is 0 Å². The molecule has 0 aliphatic carbocycles. The fraction of sp³-hybridized carbons (Fsp3) is 0.286. The molecule has 0 aliphatic heterocycles. The third-order valence-corrected chi connectivity index (χ3v) is 3.78. The molecule has 0 saturated heterocycles. The van der Waals surface area contributed by atoms with Gasteiger partial charge in [0.25, 0.3) is 5.91 Å². The molecule has 0 atom stereocenters. The first-order chi connectivity index (χ1) is 12.7. The van der Waals surface area contributed by atoms with Gasteiger partial charge in [0, 0.05) is 12.0 Å². The molecule has 142 valence electrons. The second kappa shape index (κ2) is 8.49. The van der Waals surface area contributed by atoms with E-state index in [0.29, 0.717) is 17.7 Å². The summed E-state index contributed by atoms with van der Waals surface area (Å²) in [7, 11) is 0. The van der Waals surface area contributed by atoms with Crippen molar-refractivity contribution in [2.45, 2.75) is 39.2 Å². The van der Waals surface area contributed by atoms with E-state index in [-0.39, 0.29) is 29.3 Å². The van der Waals surface area contributed by atoms with Crippen molar-refractivity contribution < 1.29 is 19.5 Å². The number of benzene rings is 2. The van der Waals surface area contributed by atoms with Crippen molar-refractivity contribution in [3.05, 3.63) is 65.2 Å². The van der Waals surface area contributed by atoms with E-state index in [1.807, 2.05) is 20.8 Å². The number of carboxylic acid groups (broad SMARTS) is 1. The highest BCUT2D eigenvalue weighted by Crippen LogP contribution is 2.17. The molecule has 0 spiro atoms. The number of para-hydroxylation sites is 1. The van der Waals surface area contributed by atoms with Gasteiger partial charge >= 0.3 is 5.97 Å². The summed E-state index contributed by atoms with van der Waals surface area (Å²) < 4.78 is 0. The van der Waals surface area contributed by atoms with E-state index < -0.39 is 5.97 Å². The molecule has 2 rings (SSSR count). The van der Waals surface area contributed by atoms with E-state index in [1.165, 1.54) is 12.1 Å². The van der Waals surface area contributed by atoms with Gasteiger partial charge in [-0.25, -0.2) is 4.79 Å². The normalized spacial score (nSPS) is 10.9. The van der Waals surface area contributed by atoms with Crippen molar-refractivity contribution in [2.24, 2.45) is 0 Å². The molecule has 0 aromatic heterocycles. The zero-order valence-electron chi connectivity index (χ0n) is 15.7. The zero-order valence-corrected chi connectivity index (χ0v) is 15.7. The number of carboxylic acids is 1. The molecule has 2 aromatic rings. The monoisotopic (exact) mass is 368 g/mol. The minimum atomic E-state index is -0.982. The summed E-state index contributed by atoms with van der Waals surface area (Å²) in [5.41, 5.74) is 1.57. The average molecular weight is 368 g/mol. The average Bonchev–Trinajstić information content (AvgIpc) is 2.59. The van der Waals surface area contributed by atoms with E-state index in [9.17, 15) is 14.4 Å².